The first-order valence-electron chi connectivity index (χ1n) is 6.13. The summed E-state index contributed by atoms with van der Waals surface area (Å²) in [6.45, 7) is 6.27. The van der Waals surface area contributed by atoms with E-state index in [9.17, 15) is 0 Å². The third-order valence-corrected chi connectivity index (χ3v) is 4.62. The molecule has 0 aliphatic heterocycles. The molecule has 0 spiro atoms. The highest BCUT2D eigenvalue weighted by Gasteiger charge is 2.16. The van der Waals surface area contributed by atoms with Gasteiger partial charge in [-0.2, -0.15) is 5.10 Å². The lowest BCUT2D eigenvalue weighted by molar-refractivity contribution is 0.569. The first kappa shape index (κ1) is 13.4. The Balaban J connectivity index is 2.34. The second kappa shape index (κ2) is 5.30. The van der Waals surface area contributed by atoms with Gasteiger partial charge in [0.05, 0.1) is 15.3 Å². The number of benzene rings is 1. The van der Waals surface area contributed by atoms with Gasteiger partial charge in [-0.3, -0.25) is 0 Å². The molecule has 18 heavy (non-hydrogen) atoms. The van der Waals surface area contributed by atoms with Crippen LogP contribution in [0.2, 0.25) is 0 Å². The zero-order valence-electron chi connectivity index (χ0n) is 10.9. The number of halogens is 1. The Kier molecular flexibility index (Phi) is 3.94. The van der Waals surface area contributed by atoms with Crippen LogP contribution in [0.1, 0.15) is 36.7 Å². The molecular weight excluding hydrogens is 337 g/mol. The maximum atomic E-state index is 6.09. The minimum absolute atomic E-state index is 0.165. The van der Waals surface area contributed by atoms with Crippen molar-refractivity contribution in [3.05, 3.63) is 44.7 Å². The van der Waals surface area contributed by atoms with Gasteiger partial charge in [0.1, 0.15) is 5.82 Å². The van der Waals surface area contributed by atoms with Gasteiger partial charge in [-0.25, -0.2) is 4.68 Å². The number of nitrogens with zero attached hydrogens (tertiary/aromatic N) is 2. The van der Waals surface area contributed by atoms with Crippen LogP contribution >= 0.6 is 22.6 Å². The normalized spacial score (nSPS) is 12.7. The summed E-state index contributed by atoms with van der Waals surface area (Å²) in [5.41, 5.74) is 9.67. The Morgan fingerprint density at radius 1 is 1.33 bits per heavy atom. The van der Waals surface area contributed by atoms with Crippen LogP contribution in [0.4, 0.5) is 5.82 Å². The van der Waals surface area contributed by atoms with E-state index in [1.807, 2.05) is 11.6 Å². The number of rotatable bonds is 3. The smallest absolute Gasteiger partial charge is 0.136 e. The van der Waals surface area contributed by atoms with E-state index in [1.54, 1.807) is 0 Å². The molecule has 96 valence electrons. The van der Waals surface area contributed by atoms with E-state index in [1.165, 1.54) is 11.1 Å². The van der Waals surface area contributed by atoms with Gasteiger partial charge in [0, 0.05) is 0 Å². The second-order valence-electron chi connectivity index (χ2n) is 4.50. The molecule has 3 nitrogen and oxygen atoms in total. The van der Waals surface area contributed by atoms with Crippen LogP contribution in [0.15, 0.2) is 24.3 Å². The Morgan fingerprint density at radius 2 is 1.94 bits per heavy atom. The summed E-state index contributed by atoms with van der Waals surface area (Å²) >= 11 is 2.25. The molecule has 0 radical (unpaired) electrons. The fourth-order valence-electron chi connectivity index (χ4n) is 2.01. The van der Waals surface area contributed by atoms with E-state index >= 15 is 0 Å². The van der Waals surface area contributed by atoms with Crippen LogP contribution in [-0.4, -0.2) is 9.78 Å². The lowest BCUT2D eigenvalue weighted by Gasteiger charge is -2.14. The molecule has 2 rings (SSSR count). The fraction of sp³-hybridized carbons (Fsp3) is 0.357. The summed E-state index contributed by atoms with van der Waals surface area (Å²) in [6.07, 6.45) is 1.07. The van der Waals surface area contributed by atoms with Gasteiger partial charge in [0.25, 0.3) is 0 Å². The second-order valence-corrected chi connectivity index (χ2v) is 5.58. The van der Waals surface area contributed by atoms with Gasteiger partial charge in [0.2, 0.25) is 0 Å². The quantitative estimate of drug-likeness (QED) is 0.856. The first-order valence-corrected chi connectivity index (χ1v) is 7.21. The highest BCUT2D eigenvalue weighted by atomic mass is 127. The van der Waals surface area contributed by atoms with E-state index in [2.05, 4.69) is 65.8 Å². The Hall–Kier alpha value is -1.04. The van der Waals surface area contributed by atoms with Crippen molar-refractivity contribution >= 4 is 28.4 Å². The van der Waals surface area contributed by atoms with E-state index in [0.717, 1.165) is 21.5 Å². The predicted molar refractivity (Wildman–Crippen MR) is 83.7 cm³/mol. The number of nitrogens with two attached hydrogens (primary N) is 1. The molecule has 0 saturated heterocycles. The Labute approximate surface area is 122 Å². The van der Waals surface area contributed by atoms with Crippen molar-refractivity contribution in [3.63, 3.8) is 0 Å². The largest absolute Gasteiger partial charge is 0.383 e. The number of hydrogen-bond acceptors (Lipinski definition) is 2. The van der Waals surface area contributed by atoms with Crippen LogP contribution in [0, 0.1) is 10.5 Å². The number of aromatic nitrogens is 2. The molecule has 0 amide bonds. The van der Waals surface area contributed by atoms with Crippen LogP contribution in [0.3, 0.4) is 0 Å². The maximum absolute atomic E-state index is 6.09. The van der Waals surface area contributed by atoms with E-state index in [0.29, 0.717) is 0 Å². The summed E-state index contributed by atoms with van der Waals surface area (Å²) < 4.78 is 2.95. The minimum Gasteiger partial charge on any atom is -0.383 e. The maximum Gasteiger partial charge on any atom is 0.136 e. The van der Waals surface area contributed by atoms with Crippen molar-refractivity contribution in [1.82, 2.24) is 9.78 Å². The van der Waals surface area contributed by atoms with Crippen molar-refractivity contribution < 1.29 is 0 Å². The number of nitrogen functional groups attached to an aromatic ring is 1. The lowest BCUT2D eigenvalue weighted by Crippen LogP contribution is -2.11. The van der Waals surface area contributed by atoms with Crippen LogP contribution < -0.4 is 5.73 Å². The molecular formula is C14H18IN3. The summed E-state index contributed by atoms with van der Waals surface area (Å²) in [5, 5.41) is 4.51. The monoisotopic (exact) mass is 355 g/mol. The van der Waals surface area contributed by atoms with Gasteiger partial charge in [-0.15, -0.1) is 0 Å². The zero-order valence-corrected chi connectivity index (χ0v) is 13.1. The molecule has 0 bridgehead atoms. The summed E-state index contributed by atoms with van der Waals surface area (Å²) in [5.74, 6) is 0.750. The van der Waals surface area contributed by atoms with Crippen molar-refractivity contribution in [2.45, 2.75) is 33.2 Å². The third kappa shape index (κ3) is 2.39. The fourth-order valence-corrected chi connectivity index (χ4v) is 2.37. The van der Waals surface area contributed by atoms with Crippen LogP contribution in [0.25, 0.3) is 0 Å². The zero-order chi connectivity index (χ0) is 13.3. The molecule has 0 fully saturated rings. The van der Waals surface area contributed by atoms with Gasteiger partial charge >= 0.3 is 0 Å². The molecule has 1 atom stereocenters. The SMILES string of the molecule is CCc1ccc(C(C)n2nc(C)c(I)c2N)cc1. The van der Waals surface area contributed by atoms with Gasteiger partial charge in [-0.05, 0) is 54.0 Å². The van der Waals surface area contributed by atoms with E-state index < -0.39 is 0 Å². The molecule has 0 aliphatic rings. The lowest BCUT2D eigenvalue weighted by atomic mass is 10.1. The molecule has 2 N–H and O–H groups in total. The van der Waals surface area contributed by atoms with Gasteiger partial charge < -0.3 is 5.73 Å². The Morgan fingerprint density at radius 3 is 2.39 bits per heavy atom. The third-order valence-electron chi connectivity index (χ3n) is 3.28. The molecule has 4 heteroatoms. The van der Waals surface area contributed by atoms with Crippen molar-refractivity contribution in [3.8, 4) is 0 Å². The predicted octanol–water partition coefficient (Wildman–Crippen LogP) is 3.55. The van der Waals surface area contributed by atoms with Crippen LogP contribution in [-0.2, 0) is 6.42 Å². The average molecular weight is 355 g/mol. The standard InChI is InChI=1S/C14H18IN3/c1-4-11-5-7-12(8-6-11)10(3)18-14(16)13(15)9(2)17-18/h5-8,10H,4,16H2,1-3H3. The summed E-state index contributed by atoms with van der Waals surface area (Å²) in [7, 11) is 0. The minimum atomic E-state index is 0.165. The van der Waals surface area contributed by atoms with Crippen LogP contribution in [0.5, 0.6) is 0 Å². The summed E-state index contributed by atoms with van der Waals surface area (Å²) in [4.78, 5) is 0. The molecule has 2 aromatic rings. The molecule has 1 aromatic carbocycles. The first-order chi connectivity index (χ1) is 8.54. The number of anilines is 1. The summed E-state index contributed by atoms with van der Waals surface area (Å²) in [6, 6.07) is 8.82. The van der Waals surface area contributed by atoms with Gasteiger partial charge in [0.15, 0.2) is 0 Å². The highest BCUT2D eigenvalue weighted by Crippen LogP contribution is 2.26. The Bertz CT molecular complexity index is 543. The topological polar surface area (TPSA) is 43.8 Å². The van der Waals surface area contributed by atoms with Gasteiger partial charge in [-0.1, -0.05) is 31.2 Å². The highest BCUT2D eigenvalue weighted by molar-refractivity contribution is 14.1. The molecule has 0 aliphatic carbocycles. The van der Waals surface area contributed by atoms with E-state index in [4.69, 9.17) is 5.73 Å². The molecule has 0 saturated carbocycles. The molecule has 1 unspecified atom stereocenters. The number of aryl methyl sites for hydroxylation is 2. The van der Waals surface area contributed by atoms with Crippen molar-refractivity contribution in [2.24, 2.45) is 0 Å². The number of hydrogen-bond donors (Lipinski definition) is 1. The molecule has 1 heterocycles. The van der Waals surface area contributed by atoms with E-state index in [-0.39, 0.29) is 6.04 Å². The van der Waals surface area contributed by atoms with Crippen molar-refractivity contribution in [2.75, 3.05) is 5.73 Å². The van der Waals surface area contributed by atoms with Crippen molar-refractivity contribution in [1.29, 1.82) is 0 Å². The average Bonchev–Trinajstić information content (AvgIpc) is 2.66. The molecule has 1 aromatic heterocycles.